The summed E-state index contributed by atoms with van der Waals surface area (Å²) in [5, 5.41) is 5.10. The molecule has 0 saturated heterocycles. The molecule has 0 aliphatic heterocycles. The first kappa shape index (κ1) is 27.2. The van der Waals surface area contributed by atoms with E-state index in [0.717, 1.165) is 5.69 Å². The van der Waals surface area contributed by atoms with E-state index in [4.69, 9.17) is 0 Å². The molecule has 0 heterocycles. The van der Waals surface area contributed by atoms with Gasteiger partial charge in [0.1, 0.15) is 0 Å². The minimum absolute atomic E-state index is 0.154. The monoisotopic (exact) mass is 611 g/mol. The van der Waals surface area contributed by atoms with Gasteiger partial charge in [-0.2, -0.15) is 0 Å². The van der Waals surface area contributed by atoms with E-state index in [-0.39, 0.29) is 5.41 Å². The largest absolute Gasteiger partial charge is 0.310 e. The Labute approximate surface area is 281 Å². The average Bonchev–Trinajstić information content (AvgIpc) is 3.37. The molecule has 2 aliphatic rings. The fourth-order valence-electron chi connectivity index (χ4n) is 8.42. The van der Waals surface area contributed by atoms with Gasteiger partial charge >= 0.3 is 0 Å². The molecule has 0 spiro atoms. The maximum absolute atomic E-state index is 2.51. The highest BCUT2D eigenvalue weighted by Crippen LogP contribution is 2.56. The van der Waals surface area contributed by atoms with E-state index in [0.29, 0.717) is 0 Å². The van der Waals surface area contributed by atoms with Gasteiger partial charge in [0.15, 0.2) is 0 Å². The smallest absolute Gasteiger partial charge is 0.0540 e. The number of benzene rings is 8. The van der Waals surface area contributed by atoms with Crippen LogP contribution in [-0.2, 0) is 5.41 Å². The molecule has 0 N–H and O–H groups in total. The lowest BCUT2D eigenvalue weighted by Crippen LogP contribution is -2.20. The molecule has 8 aromatic carbocycles. The number of hydrogen-bond donors (Lipinski definition) is 0. The van der Waals surface area contributed by atoms with Crippen molar-refractivity contribution in [1.82, 2.24) is 0 Å². The molecule has 2 aliphatic carbocycles. The van der Waals surface area contributed by atoms with Crippen LogP contribution in [0.2, 0.25) is 0 Å². The Kier molecular flexibility index (Phi) is 5.69. The molecule has 0 unspecified atom stereocenters. The van der Waals surface area contributed by atoms with E-state index in [9.17, 15) is 0 Å². The number of anilines is 3. The Bertz CT molecular complexity index is 2570. The highest BCUT2D eigenvalue weighted by Gasteiger charge is 2.39. The molecule has 226 valence electrons. The summed E-state index contributed by atoms with van der Waals surface area (Å²) < 4.78 is 0. The zero-order valence-electron chi connectivity index (χ0n) is 27.0. The summed E-state index contributed by atoms with van der Waals surface area (Å²) in [4.78, 5) is 2.51. The maximum Gasteiger partial charge on any atom is 0.0540 e. The molecular weight excluding hydrogens is 579 g/mol. The lowest BCUT2D eigenvalue weighted by molar-refractivity contribution is 0.661. The summed E-state index contributed by atoms with van der Waals surface area (Å²) in [6.45, 7) is 4.76. The molecular formula is C47H33N. The first-order valence-corrected chi connectivity index (χ1v) is 16.9. The van der Waals surface area contributed by atoms with Crippen LogP contribution in [0.4, 0.5) is 17.1 Å². The summed E-state index contributed by atoms with van der Waals surface area (Å²) in [7, 11) is 0. The predicted octanol–water partition coefficient (Wildman–Crippen LogP) is 13.1. The Morgan fingerprint density at radius 2 is 0.938 bits per heavy atom. The Hall–Kier alpha value is -5.92. The van der Waals surface area contributed by atoms with Crippen LogP contribution in [-0.4, -0.2) is 0 Å². The number of fused-ring (bicyclic) bond motifs is 9. The summed E-state index contributed by atoms with van der Waals surface area (Å²) >= 11 is 0. The normalized spacial score (nSPS) is 13.4. The number of hydrogen-bond acceptors (Lipinski definition) is 1. The maximum atomic E-state index is 2.51. The van der Waals surface area contributed by atoms with Crippen molar-refractivity contribution in [2.75, 3.05) is 4.90 Å². The third kappa shape index (κ3) is 3.85. The zero-order chi connectivity index (χ0) is 32.0. The molecule has 0 atom stereocenters. The number of rotatable bonds is 4. The van der Waals surface area contributed by atoms with Crippen LogP contribution >= 0.6 is 0 Å². The van der Waals surface area contributed by atoms with Gasteiger partial charge in [-0.3, -0.25) is 0 Å². The van der Waals surface area contributed by atoms with Gasteiger partial charge in [0.05, 0.1) is 11.4 Å². The predicted molar refractivity (Wildman–Crippen MR) is 204 cm³/mol. The Balaban J connectivity index is 1.20. The molecule has 0 aromatic heterocycles. The van der Waals surface area contributed by atoms with Gasteiger partial charge in [-0.1, -0.05) is 129 Å². The molecule has 1 heteroatoms. The standard InChI is InChI=1S/C47H33N/c1-47(2)43-19-9-8-17-36(43)37-18-11-21-45(46(37)47)48(35-24-22-31(23-25-35)30-12-4-3-5-13-30)44-20-10-16-34-28-41-39-26-32-14-6-7-15-33(32)27-40(39)42(41)29-38(34)44/h3-29H,1-2H3. The SMILES string of the molecule is CC1(C)c2ccccc2-c2cccc(N(c3ccc(-c4ccccc4)cc3)c3cccc4cc5c(cc34)-c3cc4ccccc4cc3-5)c21. The lowest BCUT2D eigenvalue weighted by Gasteiger charge is -2.33. The van der Waals surface area contributed by atoms with E-state index in [1.165, 1.54) is 88.6 Å². The van der Waals surface area contributed by atoms with E-state index in [1.807, 2.05) is 0 Å². The van der Waals surface area contributed by atoms with Crippen LogP contribution in [0.25, 0.3) is 66.1 Å². The van der Waals surface area contributed by atoms with Crippen LogP contribution < -0.4 is 4.90 Å². The minimum Gasteiger partial charge on any atom is -0.310 e. The summed E-state index contributed by atoms with van der Waals surface area (Å²) in [5.74, 6) is 0. The molecule has 0 fully saturated rings. The van der Waals surface area contributed by atoms with E-state index in [1.54, 1.807) is 0 Å². The molecule has 8 aromatic rings. The first-order valence-electron chi connectivity index (χ1n) is 16.9. The minimum atomic E-state index is -0.154. The van der Waals surface area contributed by atoms with E-state index in [2.05, 4.69) is 183 Å². The van der Waals surface area contributed by atoms with Crippen molar-refractivity contribution in [3.8, 4) is 44.5 Å². The van der Waals surface area contributed by atoms with Gasteiger partial charge < -0.3 is 4.90 Å². The van der Waals surface area contributed by atoms with Crippen molar-refractivity contribution >= 4 is 38.6 Å². The number of nitrogens with zero attached hydrogens (tertiary/aromatic N) is 1. The van der Waals surface area contributed by atoms with Gasteiger partial charge in [0.25, 0.3) is 0 Å². The topological polar surface area (TPSA) is 3.24 Å². The van der Waals surface area contributed by atoms with Crippen molar-refractivity contribution in [2.24, 2.45) is 0 Å². The van der Waals surface area contributed by atoms with Crippen LogP contribution in [0.5, 0.6) is 0 Å². The van der Waals surface area contributed by atoms with Gasteiger partial charge in [0.2, 0.25) is 0 Å². The van der Waals surface area contributed by atoms with E-state index >= 15 is 0 Å². The molecule has 0 saturated carbocycles. The van der Waals surface area contributed by atoms with Crippen molar-refractivity contribution in [2.45, 2.75) is 19.3 Å². The van der Waals surface area contributed by atoms with Crippen LogP contribution in [0.3, 0.4) is 0 Å². The van der Waals surface area contributed by atoms with Crippen LogP contribution in [0, 0.1) is 0 Å². The highest BCUT2D eigenvalue weighted by atomic mass is 15.1. The third-order valence-corrected chi connectivity index (χ3v) is 10.7. The first-order chi connectivity index (χ1) is 23.6. The lowest BCUT2D eigenvalue weighted by atomic mass is 9.77. The second-order valence-corrected chi connectivity index (χ2v) is 13.8. The van der Waals surface area contributed by atoms with Crippen molar-refractivity contribution in [3.63, 3.8) is 0 Å². The second-order valence-electron chi connectivity index (χ2n) is 13.8. The molecule has 0 bridgehead atoms. The molecule has 10 rings (SSSR count). The van der Waals surface area contributed by atoms with Crippen molar-refractivity contribution in [1.29, 1.82) is 0 Å². The quantitative estimate of drug-likeness (QED) is 0.191. The highest BCUT2D eigenvalue weighted by molar-refractivity contribution is 6.14. The summed E-state index contributed by atoms with van der Waals surface area (Å²) in [5.41, 5.74) is 16.6. The third-order valence-electron chi connectivity index (χ3n) is 10.7. The van der Waals surface area contributed by atoms with Gasteiger partial charge in [-0.05, 0) is 120 Å². The van der Waals surface area contributed by atoms with E-state index < -0.39 is 0 Å². The van der Waals surface area contributed by atoms with Crippen LogP contribution in [0.1, 0.15) is 25.0 Å². The van der Waals surface area contributed by atoms with Crippen LogP contribution in [0.15, 0.2) is 164 Å². The second kappa shape index (κ2) is 10.0. The summed E-state index contributed by atoms with van der Waals surface area (Å²) in [6, 6.07) is 60.6. The summed E-state index contributed by atoms with van der Waals surface area (Å²) in [6.07, 6.45) is 0. The van der Waals surface area contributed by atoms with Gasteiger partial charge in [0, 0.05) is 16.5 Å². The van der Waals surface area contributed by atoms with Gasteiger partial charge in [-0.25, -0.2) is 0 Å². The molecule has 0 radical (unpaired) electrons. The van der Waals surface area contributed by atoms with Gasteiger partial charge in [-0.15, -0.1) is 0 Å². The Morgan fingerprint density at radius 1 is 0.396 bits per heavy atom. The Morgan fingerprint density at radius 3 is 1.69 bits per heavy atom. The molecule has 48 heavy (non-hydrogen) atoms. The van der Waals surface area contributed by atoms with Crippen molar-refractivity contribution < 1.29 is 0 Å². The van der Waals surface area contributed by atoms with Crippen molar-refractivity contribution in [3.05, 3.63) is 175 Å². The zero-order valence-corrected chi connectivity index (χ0v) is 27.0. The average molecular weight is 612 g/mol. The fraction of sp³-hybridized carbons (Fsp3) is 0.0638. The molecule has 0 amide bonds. The fourth-order valence-corrected chi connectivity index (χ4v) is 8.42. The molecule has 1 nitrogen and oxygen atoms in total.